The van der Waals surface area contributed by atoms with Gasteiger partial charge in [-0.25, -0.2) is 0 Å². The van der Waals surface area contributed by atoms with Crippen molar-refractivity contribution >= 4 is 38.8 Å². The van der Waals surface area contributed by atoms with E-state index in [1.807, 2.05) is 18.4 Å². The monoisotopic (exact) mass is 304 g/mol. The summed E-state index contributed by atoms with van der Waals surface area (Å²) in [5.41, 5.74) is 0.822. The second-order valence-corrected chi connectivity index (χ2v) is 5.87. The van der Waals surface area contributed by atoms with E-state index >= 15 is 0 Å². The number of thiophene rings is 1. The van der Waals surface area contributed by atoms with E-state index in [0.29, 0.717) is 6.42 Å². The molecular formula is C9H9BrN2OS2. The van der Waals surface area contributed by atoms with E-state index in [-0.39, 0.29) is 0 Å². The van der Waals surface area contributed by atoms with Gasteiger partial charge in [-0.05, 0) is 40.5 Å². The van der Waals surface area contributed by atoms with E-state index in [9.17, 15) is 5.11 Å². The molecule has 0 saturated heterocycles. The lowest BCUT2D eigenvalue weighted by Gasteiger charge is -2.06. The number of hydrogen-bond donors (Lipinski definition) is 1. The molecular weight excluding hydrogens is 296 g/mol. The smallest absolute Gasteiger partial charge is 0.0965 e. The van der Waals surface area contributed by atoms with Crippen LogP contribution in [0, 0.1) is 6.92 Å². The summed E-state index contributed by atoms with van der Waals surface area (Å²) >= 11 is 6.30. The van der Waals surface area contributed by atoms with E-state index in [1.165, 1.54) is 11.5 Å². The lowest BCUT2D eigenvalue weighted by Crippen LogP contribution is -1.99. The number of hydrogen-bond acceptors (Lipinski definition) is 5. The third-order valence-electron chi connectivity index (χ3n) is 2.01. The van der Waals surface area contributed by atoms with Crippen molar-refractivity contribution in [1.82, 2.24) is 9.59 Å². The Kier molecular flexibility index (Phi) is 3.50. The zero-order chi connectivity index (χ0) is 10.8. The van der Waals surface area contributed by atoms with Crippen LogP contribution >= 0.6 is 38.8 Å². The molecule has 2 rings (SSSR count). The van der Waals surface area contributed by atoms with Crippen LogP contribution in [0.4, 0.5) is 0 Å². The Hall–Kier alpha value is -0.300. The predicted octanol–water partition coefficient (Wildman–Crippen LogP) is 2.95. The zero-order valence-electron chi connectivity index (χ0n) is 7.98. The molecule has 15 heavy (non-hydrogen) atoms. The molecule has 0 amide bonds. The molecule has 2 heterocycles. The zero-order valence-corrected chi connectivity index (χ0v) is 11.2. The summed E-state index contributed by atoms with van der Waals surface area (Å²) < 4.78 is 4.88. The SMILES string of the molecule is Cc1nnsc1C(O)Cc1cc(Br)cs1. The molecule has 0 saturated carbocycles. The Labute approximate surface area is 104 Å². The second kappa shape index (κ2) is 4.69. The van der Waals surface area contributed by atoms with Crippen molar-refractivity contribution in [3.05, 3.63) is 31.4 Å². The van der Waals surface area contributed by atoms with Gasteiger partial charge in [0.25, 0.3) is 0 Å². The summed E-state index contributed by atoms with van der Waals surface area (Å²) in [5.74, 6) is 0. The minimum Gasteiger partial charge on any atom is -0.387 e. The lowest BCUT2D eigenvalue weighted by molar-refractivity contribution is 0.182. The van der Waals surface area contributed by atoms with Gasteiger partial charge < -0.3 is 5.11 Å². The van der Waals surface area contributed by atoms with Gasteiger partial charge >= 0.3 is 0 Å². The van der Waals surface area contributed by atoms with E-state index in [0.717, 1.165) is 19.9 Å². The quantitative estimate of drug-likeness (QED) is 0.948. The number of aryl methyl sites for hydroxylation is 1. The molecule has 6 heteroatoms. The van der Waals surface area contributed by atoms with E-state index in [4.69, 9.17) is 0 Å². The fourth-order valence-corrected chi connectivity index (χ4v) is 3.41. The van der Waals surface area contributed by atoms with Crippen molar-refractivity contribution in [2.24, 2.45) is 0 Å². The van der Waals surface area contributed by atoms with Gasteiger partial charge in [-0.3, -0.25) is 0 Å². The maximum Gasteiger partial charge on any atom is 0.0965 e. The molecule has 0 aliphatic rings. The standard InChI is InChI=1S/C9H9BrN2OS2/c1-5-9(15-12-11-5)8(13)3-7-2-6(10)4-14-7/h2,4,8,13H,3H2,1H3. The van der Waals surface area contributed by atoms with Crippen LogP contribution in [0.15, 0.2) is 15.9 Å². The molecule has 0 bridgehead atoms. The van der Waals surface area contributed by atoms with Crippen LogP contribution in [0.5, 0.6) is 0 Å². The highest BCUT2D eigenvalue weighted by Gasteiger charge is 2.15. The van der Waals surface area contributed by atoms with E-state index in [2.05, 4.69) is 25.5 Å². The van der Waals surface area contributed by atoms with Crippen molar-refractivity contribution < 1.29 is 5.11 Å². The van der Waals surface area contributed by atoms with Crippen LogP contribution < -0.4 is 0 Å². The number of rotatable bonds is 3. The van der Waals surface area contributed by atoms with E-state index < -0.39 is 6.10 Å². The summed E-state index contributed by atoms with van der Waals surface area (Å²) in [7, 11) is 0. The molecule has 0 aliphatic carbocycles. The average molecular weight is 305 g/mol. The maximum atomic E-state index is 9.97. The highest BCUT2D eigenvalue weighted by molar-refractivity contribution is 9.10. The number of aromatic nitrogens is 2. The average Bonchev–Trinajstić information content (AvgIpc) is 2.75. The highest BCUT2D eigenvalue weighted by Crippen LogP contribution is 2.27. The highest BCUT2D eigenvalue weighted by atomic mass is 79.9. The first kappa shape index (κ1) is 11.2. The molecule has 0 radical (unpaired) electrons. The fraction of sp³-hybridized carbons (Fsp3) is 0.333. The molecule has 0 aromatic carbocycles. The number of aliphatic hydroxyl groups excluding tert-OH is 1. The Bertz CT molecular complexity index is 454. The molecule has 0 fully saturated rings. The molecule has 0 spiro atoms. The van der Waals surface area contributed by atoms with Crippen LogP contribution in [0.2, 0.25) is 0 Å². The van der Waals surface area contributed by atoms with Gasteiger partial charge in [0, 0.05) is 21.2 Å². The summed E-state index contributed by atoms with van der Waals surface area (Å²) in [5, 5.41) is 15.9. The third-order valence-corrected chi connectivity index (χ3v) is 4.65. The van der Waals surface area contributed by atoms with Crippen LogP contribution in [0.3, 0.4) is 0 Å². The molecule has 1 atom stereocenters. The van der Waals surface area contributed by atoms with E-state index in [1.54, 1.807) is 11.3 Å². The normalized spacial score (nSPS) is 13.0. The number of halogens is 1. The molecule has 0 aliphatic heterocycles. The van der Waals surface area contributed by atoms with Crippen molar-refractivity contribution in [2.45, 2.75) is 19.4 Å². The maximum absolute atomic E-state index is 9.97. The van der Waals surface area contributed by atoms with Crippen LogP contribution in [0.1, 0.15) is 21.6 Å². The summed E-state index contributed by atoms with van der Waals surface area (Å²) in [6.45, 7) is 1.87. The van der Waals surface area contributed by atoms with Gasteiger partial charge in [-0.1, -0.05) is 4.49 Å². The first-order valence-electron chi connectivity index (χ1n) is 4.36. The van der Waals surface area contributed by atoms with Gasteiger partial charge in [0.2, 0.25) is 0 Å². The molecule has 2 aromatic rings. The Balaban J connectivity index is 2.10. The summed E-state index contributed by atoms with van der Waals surface area (Å²) in [4.78, 5) is 2.02. The third kappa shape index (κ3) is 2.63. The van der Waals surface area contributed by atoms with Crippen LogP contribution in [0.25, 0.3) is 0 Å². The predicted molar refractivity (Wildman–Crippen MR) is 65.3 cm³/mol. The topological polar surface area (TPSA) is 46.0 Å². The molecule has 80 valence electrons. The summed E-state index contributed by atoms with van der Waals surface area (Å²) in [6.07, 6.45) is 0.136. The van der Waals surface area contributed by atoms with Crippen molar-refractivity contribution in [1.29, 1.82) is 0 Å². The van der Waals surface area contributed by atoms with Crippen molar-refractivity contribution in [3.8, 4) is 0 Å². The van der Waals surface area contributed by atoms with Gasteiger partial charge in [-0.2, -0.15) is 0 Å². The number of aliphatic hydroxyl groups is 1. The number of nitrogens with zero attached hydrogens (tertiary/aromatic N) is 2. The minimum atomic E-state index is -0.490. The largest absolute Gasteiger partial charge is 0.387 e. The van der Waals surface area contributed by atoms with Crippen LogP contribution in [-0.4, -0.2) is 14.7 Å². The second-order valence-electron chi connectivity index (χ2n) is 3.17. The fourth-order valence-electron chi connectivity index (χ4n) is 1.29. The summed E-state index contributed by atoms with van der Waals surface area (Å²) in [6, 6.07) is 2.03. The van der Waals surface area contributed by atoms with Gasteiger partial charge in [0.1, 0.15) is 0 Å². The Morgan fingerprint density at radius 1 is 1.60 bits per heavy atom. The van der Waals surface area contributed by atoms with Crippen molar-refractivity contribution in [2.75, 3.05) is 0 Å². The molecule has 1 N–H and O–H groups in total. The molecule has 2 aromatic heterocycles. The minimum absolute atomic E-state index is 0.490. The van der Waals surface area contributed by atoms with Crippen molar-refractivity contribution in [3.63, 3.8) is 0 Å². The first-order chi connectivity index (χ1) is 7.16. The molecule has 1 unspecified atom stereocenters. The Morgan fingerprint density at radius 2 is 2.40 bits per heavy atom. The van der Waals surface area contributed by atoms with Gasteiger partial charge in [-0.15, -0.1) is 16.4 Å². The first-order valence-corrected chi connectivity index (χ1v) is 6.81. The Morgan fingerprint density at radius 3 is 2.93 bits per heavy atom. The van der Waals surface area contributed by atoms with Gasteiger partial charge in [0.15, 0.2) is 0 Å². The van der Waals surface area contributed by atoms with Gasteiger partial charge in [0.05, 0.1) is 16.7 Å². The van der Waals surface area contributed by atoms with Crippen LogP contribution in [-0.2, 0) is 6.42 Å². The molecule has 3 nitrogen and oxygen atoms in total. The lowest BCUT2D eigenvalue weighted by atomic mass is 10.2.